The van der Waals surface area contributed by atoms with Gasteiger partial charge in [0.25, 0.3) is 0 Å². The first kappa shape index (κ1) is 25.1. The highest BCUT2D eigenvalue weighted by Gasteiger charge is 2.26. The number of nitrogens with one attached hydrogen (secondary N) is 2. The molecule has 36 heavy (non-hydrogen) atoms. The molecule has 1 unspecified atom stereocenters. The van der Waals surface area contributed by atoms with E-state index in [1.807, 2.05) is 68.0 Å². The molecule has 1 aliphatic carbocycles. The summed E-state index contributed by atoms with van der Waals surface area (Å²) in [4.78, 5) is 13.5. The number of rotatable bonds is 8. The molecule has 1 saturated carbocycles. The van der Waals surface area contributed by atoms with Crippen molar-refractivity contribution in [2.45, 2.75) is 38.2 Å². The van der Waals surface area contributed by atoms with Gasteiger partial charge >= 0.3 is 0 Å². The second-order valence-corrected chi connectivity index (χ2v) is 8.83. The van der Waals surface area contributed by atoms with E-state index in [-0.39, 0.29) is 6.10 Å². The molecule has 7 heteroatoms. The van der Waals surface area contributed by atoms with E-state index in [0.29, 0.717) is 17.4 Å². The van der Waals surface area contributed by atoms with Gasteiger partial charge in [-0.3, -0.25) is 0 Å². The number of hydrogen-bond donors (Lipinski definition) is 2. The van der Waals surface area contributed by atoms with Crippen LogP contribution in [0.15, 0.2) is 73.7 Å². The molecule has 7 nitrogen and oxygen atoms in total. The summed E-state index contributed by atoms with van der Waals surface area (Å²) in [6.07, 6.45) is 14.5. The number of anilines is 1. The molecule has 1 atom stereocenters. The summed E-state index contributed by atoms with van der Waals surface area (Å²) < 4.78 is 6.06. The number of aromatic nitrogens is 3. The molecule has 1 fully saturated rings. The van der Waals surface area contributed by atoms with E-state index in [1.165, 1.54) is 18.4 Å². The van der Waals surface area contributed by atoms with Gasteiger partial charge in [0, 0.05) is 42.2 Å². The summed E-state index contributed by atoms with van der Waals surface area (Å²) in [6, 6.07) is 11.9. The number of ether oxygens (including phenoxy) is 1. The maximum atomic E-state index is 8.87. The van der Waals surface area contributed by atoms with Gasteiger partial charge < -0.3 is 15.4 Å². The molecular weight excluding hydrogens is 448 g/mol. The topological polar surface area (TPSA) is 95.8 Å². The third kappa shape index (κ3) is 7.00. The molecule has 0 spiro atoms. The maximum absolute atomic E-state index is 8.87. The van der Waals surface area contributed by atoms with Crippen molar-refractivity contribution in [2.24, 2.45) is 0 Å². The number of fused-ring (bicyclic) bond motifs is 1. The lowest BCUT2D eigenvalue weighted by molar-refractivity contribution is 0.194. The molecule has 3 heterocycles. The fourth-order valence-electron chi connectivity index (χ4n) is 3.79. The first-order chi connectivity index (χ1) is 17.7. The van der Waals surface area contributed by atoms with Crippen LogP contribution in [0.2, 0.25) is 0 Å². The summed E-state index contributed by atoms with van der Waals surface area (Å²) in [5, 5.41) is 15.7. The van der Waals surface area contributed by atoms with Crippen LogP contribution in [-0.4, -0.2) is 40.7 Å². The fraction of sp³-hybridized carbons (Fsp3) is 0.310. The minimum Gasteiger partial charge on any atom is -0.470 e. The highest BCUT2D eigenvalue weighted by atomic mass is 16.5. The number of hydrogen-bond acceptors (Lipinski definition) is 7. The number of pyridine rings is 1. The van der Waals surface area contributed by atoms with Gasteiger partial charge in [-0.15, -0.1) is 0 Å². The molecule has 1 aliphatic heterocycles. The SMILES string of the molecule is C=C/C=C\C.N#Cc1ccc(CCNCC2CNc3cc(-c4cnc(C5CC5)nc4)cnc3O2)cc1. The molecule has 0 radical (unpaired) electrons. The van der Waals surface area contributed by atoms with Crippen LogP contribution < -0.4 is 15.4 Å². The van der Waals surface area contributed by atoms with Gasteiger partial charge in [0.2, 0.25) is 5.88 Å². The van der Waals surface area contributed by atoms with Crippen LogP contribution in [0.25, 0.3) is 11.1 Å². The molecule has 2 N–H and O–H groups in total. The first-order valence-corrected chi connectivity index (χ1v) is 12.4. The standard InChI is InChI=1S/C24H24N6O.C5H8/c25-10-17-3-1-16(2-4-17)7-8-26-14-21-15-27-22-9-19(11-30-24(22)31-21)20-12-28-23(29-13-20)18-5-6-18;1-3-5-4-2/h1-4,9,11-13,18,21,26-27H,5-8,14-15H2;3-5H,1H2,2H3/b;5-4-. The summed E-state index contributed by atoms with van der Waals surface area (Å²) in [5.74, 6) is 2.13. The van der Waals surface area contributed by atoms with Gasteiger partial charge in [-0.25, -0.2) is 15.0 Å². The molecule has 3 aromatic rings. The molecular formula is C29H32N6O. The van der Waals surface area contributed by atoms with E-state index in [1.54, 1.807) is 6.08 Å². The Morgan fingerprint density at radius 1 is 1.14 bits per heavy atom. The molecule has 5 rings (SSSR count). The van der Waals surface area contributed by atoms with Gasteiger partial charge in [0.1, 0.15) is 11.9 Å². The molecule has 2 aromatic heterocycles. The zero-order chi connectivity index (χ0) is 25.2. The Labute approximate surface area is 213 Å². The Balaban J connectivity index is 0.000000556. The molecule has 2 aliphatic rings. The van der Waals surface area contributed by atoms with Crippen molar-refractivity contribution in [3.05, 3.63) is 90.7 Å². The maximum Gasteiger partial charge on any atom is 0.237 e. The molecule has 184 valence electrons. The van der Waals surface area contributed by atoms with Gasteiger partial charge in [-0.05, 0) is 56.5 Å². The summed E-state index contributed by atoms with van der Waals surface area (Å²) in [5.41, 5.74) is 4.75. The van der Waals surface area contributed by atoms with Crippen molar-refractivity contribution in [1.82, 2.24) is 20.3 Å². The van der Waals surface area contributed by atoms with E-state index in [0.717, 1.165) is 48.7 Å². The van der Waals surface area contributed by atoms with Crippen LogP contribution in [0.1, 0.15) is 42.6 Å². The van der Waals surface area contributed by atoms with Crippen LogP contribution in [0, 0.1) is 11.3 Å². The fourth-order valence-corrected chi connectivity index (χ4v) is 3.79. The second-order valence-electron chi connectivity index (χ2n) is 8.83. The van der Waals surface area contributed by atoms with Crippen molar-refractivity contribution >= 4 is 5.69 Å². The molecule has 0 amide bonds. The minimum atomic E-state index is 0.0213. The molecule has 0 bridgehead atoms. The average molecular weight is 481 g/mol. The Bertz CT molecular complexity index is 1210. The Hall–Kier alpha value is -4.02. The first-order valence-electron chi connectivity index (χ1n) is 12.4. The van der Waals surface area contributed by atoms with Crippen LogP contribution in [-0.2, 0) is 6.42 Å². The monoisotopic (exact) mass is 480 g/mol. The van der Waals surface area contributed by atoms with E-state index in [9.17, 15) is 0 Å². The highest BCUT2D eigenvalue weighted by Crippen LogP contribution is 2.38. The lowest BCUT2D eigenvalue weighted by atomic mass is 10.1. The van der Waals surface area contributed by atoms with Crippen LogP contribution in [0.5, 0.6) is 5.88 Å². The normalized spacial score (nSPS) is 16.1. The lowest BCUT2D eigenvalue weighted by Crippen LogP contribution is -2.40. The third-order valence-corrected chi connectivity index (χ3v) is 5.97. The largest absolute Gasteiger partial charge is 0.470 e. The minimum absolute atomic E-state index is 0.0213. The summed E-state index contributed by atoms with van der Waals surface area (Å²) in [6.45, 7) is 7.73. The van der Waals surface area contributed by atoms with Crippen molar-refractivity contribution in [3.63, 3.8) is 0 Å². The van der Waals surface area contributed by atoms with Crippen molar-refractivity contribution in [1.29, 1.82) is 5.26 Å². The molecule has 0 saturated heterocycles. The second kappa shape index (κ2) is 12.6. The summed E-state index contributed by atoms with van der Waals surface area (Å²) in [7, 11) is 0. The van der Waals surface area contributed by atoms with Crippen LogP contribution >= 0.6 is 0 Å². The van der Waals surface area contributed by atoms with Crippen molar-refractivity contribution < 1.29 is 4.74 Å². The predicted octanol–water partition coefficient (Wildman–Crippen LogP) is 5.04. The molecule has 1 aromatic carbocycles. The van der Waals surface area contributed by atoms with Gasteiger partial charge in [-0.1, -0.05) is 36.9 Å². The average Bonchev–Trinajstić information content (AvgIpc) is 3.78. The van der Waals surface area contributed by atoms with Crippen LogP contribution in [0.3, 0.4) is 0 Å². The van der Waals surface area contributed by atoms with Crippen LogP contribution in [0.4, 0.5) is 5.69 Å². The number of nitrogens with zero attached hydrogens (tertiary/aromatic N) is 4. The Morgan fingerprint density at radius 2 is 1.89 bits per heavy atom. The van der Waals surface area contributed by atoms with Crippen molar-refractivity contribution in [3.8, 4) is 23.1 Å². The lowest BCUT2D eigenvalue weighted by Gasteiger charge is -2.27. The van der Waals surface area contributed by atoms with Gasteiger partial charge in [-0.2, -0.15) is 5.26 Å². The van der Waals surface area contributed by atoms with Crippen molar-refractivity contribution in [2.75, 3.05) is 25.0 Å². The predicted molar refractivity (Wildman–Crippen MR) is 143 cm³/mol. The quantitative estimate of drug-likeness (QED) is 0.344. The van der Waals surface area contributed by atoms with Gasteiger partial charge in [0.15, 0.2) is 0 Å². The highest BCUT2D eigenvalue weighted by molar-refractivity contribution is 5.69. The Kier molecular flexibility index (Phi) is 8.79. The van der Waals surface area contributed by atoms with E-state index in [2.05, 4.69) is 38.2 Å². The number of nitriles is 1. The Morgan fingerprint density at radius 3 is 2.53 bits per heavy atom. The summed E-state index contributed by atoms with van der Waals surface area (Å²) >= 11 is 0. The zero-order valence-corrected chi connectivity index (χ0v) is 20.7. The zero-order valence-electron chi connectivity index (χ0n) is 20.7. The number of benzene rings is 1. The van der Waals surface area contributed by atoms with E-state index >= 15 is 0 Å². The van der Waals surface area contributed by atoms with E-state index < -0.39 is 0 Å². The van der Waals surface area contributed by atoms with E-state index in [4.69, 9.17) is 10.00 Å². The third-order valence-electron chi connectivity index (χ3n) is 5.97. The number of allylic oxidation sites excluding steroid dienone is 3. The van der Waals surface area contributed by atoms with Gasteiger partial charge in [0.05, 0.1) is 23.9 Å². The smallest absolute Gasteiger partial charge is 0.237 e.